The van der Waals surface area contributed by atoms with E-state index in [1.165, 1.54) is 5.09 Å². The van der Waals surface area contributed by atoms with Gasteiger partial charge in [0.05, 0.1) is 22.4 Å². The van der Waals surface area contributed by atoms with Gasteiger partial charge in [-0.25, -0.2) is 24.2 Å². The largest absolute Gasteiger partial charge is 0.462 e. The number of nitrogens with one attached hydrogen (secondary N) is 2. The molecule has 0 atom stereocenters. The van der Waals surface area contributed by atoms with Crippen LogP contribution in [-0.2, 0) is 9.30 Å². The molecular formula is C13H16N3O6PS. The number of urea groups is 1. The molecule has 11 heteroatoms. The molecule has 1 heterocycles. The average Bonchev–Trinajstić information content (AvgIpc) is 2.83. The van der Waals surface area contributed by atoms with Gasteiger partial charge in [0.1, 0.15) is 0 Å². The quantitative estimate of drug-likeness (QED) is 0.466. The number of carbonyl (C=O) groups is 2. The number of thiazole rings is 1. The smallest absolute Gasteiger partial charge is 0.431 e. The molecule has 0 spiro atoms. The van der Waals surface area contributed by atoms with E-state index < -0.39 is 19.7 Å². The molecule has 9 nitrogen and oxygen atoms in total. The van der Waals surface area contributed by atoms with E-state index in [9.17, 15) is 14.2 Å². The predicted octanol–water partition coefficient (Wildman–Crippen LogP) is 2.32. The van der Waals surface area contributed by atoms with Crippen molar-refractivity contribution in [2.45, 2.75) is 13.8 Å². The van der Waals surface area contributed by atoms with Crippen LogP contribution < -0.4 is 10.4 Å². The van der Waals surface area contributed by atoms with E-state index in [1.54, 1.807) is 18.2 Å². The third-order valence-electron chi connectivity index (χ3n) is 2.64. The maximum Gasteiger partial charge on any atom is 0.431 e. The van der Waals surface area contributed by atoms with Crippen molar-refractivity contribution in [1.82, 2.24) is 10.1 Å². The van der Waals surface area contributed by atoms with Crippen molar-refractivity contribution >= 4 is 46.4 Å². The molecule has 2 rings (SSSR count). The van der Waals surface area contributed by atoms with Crippen LogP contribution in [0.3, 0.4) is 0 Å². The Balaban J connectivity index is 2.12. The number of nitrogens with zero attached hydrogens (tertiary/aromatic N) is 1. The fraction of sp³-hybridized carbons (Fsp3) is 0.308. The second kappa shape index (κ2) is 7.27. The summed E-state index contributed by atoms with van der Waals surface area (Å²) in [6, 6.07) is 3.68. The van der Waals surface area contributed by atoms with Gasteiger partial charge < -0.3 is 14.5 Å². The van der Waals surface area contributed by atoms with E-state index in [-0.39, 0.29) is 11.0 Å². The molecule has 0 bridgehead atoms. The number of aromatic nitrogens is 1. The van der Waals surface area contributed by atoms with Gasteiger partial charge in [0, 0.05) is 0 Å². The number of fused-ring (bicyclic) bond motifs is 1. The number of hydrogen-bond donors (Lipinski definition) is 4. The molecule has 1 aromatic heterocycles. The Morgan fingerprint density at radius 3 is 2.71 bits per heavy atom. The van der Waals surface area contributed by atoms with Crippen molar-refractivity contribution in [2.24, 2.45) is 5.92 Å². The summed E-state index contributed by atoms with van der Waals surface area (Å²) < 4.78 is 16.5. The van der Waals surface area contributed by atoms with Gasteiger partial charge in [-0.15, -0.1) is 0 Å². The molecule has 0 fully saturated rings. The summed E-state index contributed by atoms with van der Waals surface area (Å²) in [7, 11) is -4.68. The van der Waals surface area contributed by atoms with E-state index in [2.05, 4.69) is 10.3 Å². The fourth-order valence-electron chi connectivity index (χ4n) is 1.69. The molecule has 4 N–H and O–H groups in total. The van der Waals surface area contributed by atoms with E-state index in [1.807, 2.05) is 13.8 Å². The molecule has 1 aromatic carbocycles. The molecule has 0 aliphatic heterocycles. The monoisotopic (exact) mass is 373 g/mol. The zero-order valence-corrected chi connectivity index (χ0v) is 14.6. The Kier molecular flexibility index (Phi) is 5.55. The van der Waals surface area contributed by atoms with Crippen LogP contribution in [0.5, 0.6) is 0 Å². The highest BCUT2D eigenvalue weighted by Crippen LogP contribution is 2.30. The first kappa shape index (κ1) is 18.3. The number of rotatable bonds is 5. The summed E-state index contributed by atoms with van der Waals surface area (Å²) in [5, 5.41) is 3.85. The van der Waals surface area contributed by atoms with E-state index in [0.29, 0.717) is 22.4 Å². The molecule has 0 unspecified atom stereocenters. The Labute approximate surface area is 141 Å². The van der Waals surface area contributed by atoms with Crippen molar-refractivity contribution in [3.8, 4) is 0 Å². The lowest BCUT2D eigenvalue weighted by atomic mass is 10.2. The highest BCUT2D eigenvalue weighted by molar-refractivity contribution is 7.50. The highest BCUT2D eigenvalue weighted by atomic mass is 32.1. The van der Waals surface area contributed by atoms with E-state index in [0.717, 1.165) is 11.3 Å². The van der Waals surface area contributed by atoms with Gasteiger partial charge in [-0.1, -0.05) is 25.2 Å². The van der Waals surface area contributed by atoms with Crippen LogP contribution in [0.4, 0.5) is 9.93 Å². The molecule has 0 aliphatic carbocycles. The van der Waals surface area contributed by atoms with Crippen molar-refractivity contribution in [2.75, 3.05) is 11.9 Å². The van der Waals surface area contributed by atoms with Gasteiger partial charge in [-0.2, -0.15) is 0 Å². The van der Waals surface area contributed by atoms with E-state index >= 15 is 0 Å². The first-order valence-electron chi connectivity index (χ1n) is 6.86. The molecule has 24 heavy (non-hydrogen) atoms. The summed E-state index contributed by atoms with van der Waals surface area (Å²) in [5.41, 5.74) is 0.893. The SMILES string of the molecule is CC(C)COC(=O)c1ccc2nc(NC(=O)NP(=O)(O)O)sc2c1. The van der Waals surface area contributed by atoms with Crippen molar-refractivity contribution < 1.29 is 28.7 Å². The lowest BCUT2D eigenvalue weighted by molar-refractivity contribution is 0.0459. The zero-order valence-electron chi connectivity index (χ0n) is 12.8. The molecule has 2 amide bonds. The third kappa shape index (κ3) is 5.27. The Morgan fingerprint density at radius 2 is 2.08 bits per heavy atom. The van der Waals surface area contributed by atoms with Crippen LogP contribution in [0.15, 0.2) is 18.2 Å². The maximum absolute atomic E-state index is 11.9. The van der Waals surface area contributed by atoms with E-state index in [4.69, 9.17) is 14.5 Å². The third-order valence-corrected chi connectivity index (χ3v) is 4.07. The van der Waals surface area contributed by atoms with Crippen LogP contribution in [0.1, 0.15) is 24.2 Å². The Hall–Kier alpha value is -2.00. The van der Waals surface area contributed by atoms with Gasteiger partial charge in [0.15, 0.2) is 5.13 Å². The standard InChI is InChI=1S/C13H16N3O6PS/c1-7(2)6-22-11(17)8-3-4-9-10(5-8)24-13(14-9)15-12(18)16-23(19,20)21/h3-5,7H,6H2,1-2H3,(H4,14,15,16,18,19,20,21). The minimum absolute atomic E-state index is 0.142. The number of carbonyl (C=O) groups excluding carboxylic acids is 2. The number of esters is 1. The van der Waals surface area contributed by atoms with Crippen LogP contribution in [0, 0.1) is 5.92 Å². The number of benzene rings is 1. The zero-order chi connectivity index (χ0) is 17.9. The molecule has 0 saturated carbocycles. The van der Waals surface area contributed by atoms with Gasteiger partial charge in [-0.05, 0) is 24.1 Å². The number of amides is 2. The molecule has 0 aliphatic rings. The van der Waals surface area contributed by atoms with Crippen LogP contribution >= 0.6 is 19.1 Å². The highest BCUT2D eigenvalue weighted by Gasteiger charge is 2.18. The van der Waals surface area contributed by atoms with Crippen LogP contribution in [0.25, 0.3) is 10.2 Å². The lowest BCUT2D eigenvalue weighted by Crippen LogP contribution is -2.25. The number of ether oxygens (including phenoxy) is 1. The van der Waals surface area contributed by atoms with Gasteiger partial charge in [0.2, 0.25) is 0 Å². The lowest BCUT2D eigenvalue weighted by Gasteiger charge is -2.06. The molecule has 0 radical (unpaired) electrons. The summed E-state index contributed by atoms with van der Waals surface area (Å²) in [4.78, 5) is 44.8. The molecule has 130 valence electrons. The first-order valence-corrected chi connectivity index (χ1v) is 9.29. The first-order chi connectivity index (χ1) is 11.1. The van der Waals surface area contributed by atoms with Gasteiger partial charge in [-0.3, -0.25) is 5.32 Å². The summed E-state index contributed by atoms with van der Waals surface area (Å²) in [6.07, 6.45) is 0. The molecular weight excluding hydrogens is 357 g/mol. The topological polar surface area (TPSA) is 138 Å². The average molecular weight is 373 g/mol. The Morgan fingerprint density at radius 1 is 1.38 bits per heavy atom. The van der Waals surface area contributed by atoms with Crippen molar-refractivity contribution in [1.29, 1.82) is 0 Å². The maximum atomic E-state index is 11.9. The summed E-state index contributed by atoms with van der Waals surface area (Å²) >= 11 is 1.06. The minimum atomic E-state index is -4.68. The number of hydrogen-bond acceptors (Lipinski definition) is 6. The second-order valence-corrected chi connectivity index (χ2v) is 7.65. The molecule has 2 aromatic rings. The fourth-order valence-corrected chi connectivity index (χ4v) is 2.91. The minimum Gasteiger partial charge on any atom is -0.462 e. The Bertz CT molecular complexity index is 815. The van der Waals surface area contributed by atoms with Gasteiger partial charge in [0.25, 0.3) is 0 Å². The summed E-state index contributed by atoms with van der Waals surface area (Å²) in [5.74, 6) is -0.225. The van der Waals surface area contributed by atoms with Crippen LogP contribution in [0.2, 0.25) is 0 Å². The predicted molar refractivity (Wildman–Crippen MR) is 88.9 cm³/mol. The van der Waals surface area contributed by atoms with Gasteiger partial charge >= 0.3 is 19.7 Å². The second-order valence-electron chi connectivity index (χ2n) is 5.30. The normalized spacial score (nSPS) is 11.5. The van der Waals surface area contributed by atoms with Crippen molar-refractivity contribution in [3.05, 3.63) is 23.8 Å². The summed E-state index contributed by atoms with van der Waals surface area (Å²) in [6.45, 7) is 4.18. The molecule has 0 saturated heterocycles. The van der Waals surface area contributed by atoms with Crippen molar-refractivity contribution in [3.63, 3.8) is 0 Å². The number of anilines is 1. The van der Waals surface area contributed by atoms with Crippen LogP contribution in [-0.4, -0.2) is 33.4 Å².